The minimum absolute atomic E-state index is 0.000578. The van der Waals surface area contributed by atoms with Crippen molar-refractivity contribution in [3.05, 3.63) is 20.3 Å². The summed E-state index contributed by atoms with van der Waals surface area (Å²) in [5, 5.41) is -0.314. The Morgan fingerprint density at radius 3 is 2.65 bits per heavy atom. The van der Waals surface area contributed by atoms with Crippen molar-refractivity contribution in [2.45, 2.75) is 24.9 Å². The van der Waals surface area contributed by atoms with Crippen LogP contribution in [0.5, 0.6) is 0 Å². The van der Waals surface area contributed by atoms with Gasteiger partial charge in [-0.25, -0.2) is 0 Å². The van der Waals surface area contributed by atoms with Crippen molar-refractivity contribution in [1.82, 2.24) is 0 Å². The predicted molar refractivity (Wildman–Crippen MR) is 66.8 cm³/mol. The number of rotatable bonds is 5. The summed E-state index contributed by atoms with van der Waals surface area (Å²) in [6, 6.07) is 1.89. The molecule has 0 aliphatic heterocycles. The van der Waals surface area contributed by atoms with Crippen LogP contribution in [-0.2, 0) is 4.74 Å². The zero-order chi connectivity index (χ0) is 13.1. The summed E-state index contributed by atoms with van der Waals surface area (Å²) in [5.41, 5.74) is 0.944. The lowest BCUT2D eigenvalue weighted by Crippen LogP contribution is -2.17. The fourth-order valence-corrected chi connectivity index (χ4v) is 3.45. The van der Waals surface area contributed by atoms with Gasteiger partial charge in [-0.05, 0) is 40.9 Å². The van der Waals surface area contributed by atoms with Crippen molar-refractivity contribution in [2.24, 2.45) is 0 Å². The van der Waals surface area contributed by atoms with E-state index in [2.05, 4.69) is 20.7 Å². The molecule has 98 valence electrons. The Balaban J connectivity index is 2.35. The largest absolute Gasteiger partial charge is 0.411 e. The molecule has 0 saturated heterocycles. The molecule has 7 heteroatoms. The number of hydrogen-bond donors (Lipinski definition) is 0. The smallest absolute Gasteiger partial charge is 0.372 e. The number of halogens is 5. The van der Waals surface area contributed by atoms with Crippen LogP contribution < -0.4 is 0 Å². The van der Waals surface area contributed by atoms with Crippen molar-refractivity contribution in [2.75, 3.05) is 13.2 Å². The molecule has 0 fully saturated rings. The lowest BCUT2D eigenvalue weighted by molar-refractivity contribution is -0.174. The van der Waals surface area contributed by atoms with Gasteiger partial charge in [-0.1, -0.05) is 0 Å². The zero-order valence-electron chi connectivity index (χ0n) is 8.98. The van der Waals surface area contributed by atoms with Crippen molar-refractivity contribution in [3.8, 4) is 0 Å². The molecule has 1 aromatic heterocycles. The Morgan fingerprint density at radius 1 is 1.53 bits per heavy atom. The molecule has 0 aromatic carbocycles. The second-order valence-corrected chi connectivity index (χ2v) is 6.65. The molecule has 17 heavy (non-hydrogen) atoms. The molecule has 0 aliphatic carbocycles. The maximum atomic E-state index is 11.8. The standard InChI is InChI=1S/C10H11BrClF3OS/c1-6-7(4-9(11)17-6)8(12)2-3-16-5-10(13,14)15/h4,8H,2-3,5H2,1H3. The van der Waals surface area contributed by atoms with E-state index in [1.54, 1.807) is 11.3 Å². The molecule has 1 rings (SSSR count). The number of aryl methyl sites for hydroxylation is 1. The van der Waals surface area contributed by atoms with Gasteiger partial charge in [0.05, 0.1) is 9.16 Å². The molecule has 1 aromatic rings. The van der Waals surface area contributed by atoms with Crippen LogP contribution >= 0.6 is 38.9 Å². The molecular formula is C10H11BrClF3OS. The van der Waals surface area contributed by atoms with Crippen LogP contribution in [0.2, 0.25) is 0 Å². The summed E-state index contributed by atoms with van der Waals surface area (Å²) in [5.74, 6) is 0. The van der Waals surface area contributed by atoms with Crippen LogP contribution in [0.25, 0.3) is 0 Å². The summed E-state index contributed by atoms with van der Waals surface area (Å²) in [6.45, 7) is 0.709. The first-order valence-corrected chi connectivity index (χ1v) is 6.88. The van der Waals surface area contributed by atoms with Crippen LogP contribution in [0.1, 0.15) is 22.2 Å². The predicted octanol–water partition coefficient (Wildman–Crippen LogP) is 5.07. The van der Waals surface area contributed by atoms with E-state index in [0.29, 0.717) is 6.42 Å². The first kappa shape index (κ1) is 15.3. The highest BCUT2D eigenvalue weighted by Crippen LogP contribution is 2.35. The van der Waals surface area contributed by atoms with E-state index in [0.717, 1.165) is 14.2 Å². The Hall–Kier alpha value is 0.220. The van der Waals surface area contributed by atoms with Crippen molar-refractivity contribution in [3.63, 3.8) is 0 Å². The summed E-state index contributed by atoms with van der Waals surface area (Å²) in [6.07, 6.45) is -3.91. The minimum atomic E-state index is -4.27. The van der Waals surface area contributed by atoms with E-state index >= 15 is 0 Å². The second kappa shape index (κ2) is 6.41. The minimum Gasteiger partial charge on any atom is -0.372 e. The molecule has 0 aliphatic rings. The van der Waals surface area contributed by atoms with Gasteiger partial charge in [0.2, 0.25) is 0 Å². The molecule has 1 atom stereocenters. The van der Waals surface area contributed by atoms with Gasteiger partial charge in [-0.2, -0.15) is 13.2 Å². The van der Waals surface area contributed by atoms with Crippen molar-refractivity contribution >= 4 is 38.9 Å². The third-order valence-electron chi connectivity index (χ3n) is 2.04. The van der Waals surface area contributed by atoms with Gasteiger partial charge < -0.3 is 4.74 Å². The monoisotopic (exact) mass is 350 g/mol. The first-order valence-electron chi connectivity index (χ1n) is 4.84. The van der Waals surface area contributed by atoms with Gasteiger partial charge in [0.1, 0.15) is 6.61 Å². The lowest BCUT2D eigenvalue weighted by Gasteiger charge is -2.11. The van der Waals surface area contributed by atoms with E-state index < -0.39 is 12.8 Å². The average Bonchev–Trinajstić information content (AvgIpc) is 2.51. The van der Waals surface area contributed by atoms with Gasteiger partial charge in [-0.15, -0.1) is 22.9 Å². The molecule has 0 N–H and O–H groups in total. The molecule has 1 unspecified atom stereocenters. The van der Waals surface area contributed by atoms with Gasteiger partial charge in [-0.3, -0.25) is 0 Å². The molecule has 1 nitrogen and oxygen atoms in total. The molecule has 0 amide bonds. The molecular weight excluding hydrogens is 341 g/mol. The van der Waals surface area contributed by atoms with Gasteiger partial charge >= 0.3 is 6.18 Å². The Kier molecular flexibility index (Phi) is 5.76. The number of alkyl halides is 4. The van der Waals surface area contributed by atoms with Crippen molar-refractivity contribution in [1.29, 1.82) is 0 Å². The number of ether oxygens (including phenoxy) is 1. The highest BCUT2D eigenvalue weighted by atomic mass is 79.9. The summed E-state index contributed by atoms with van der Waals surface area (Å²) in [7, 11) is 0. The number of thiophene rings is 1. The maximum absolute atomic E-state index is 11.8. The van der Waals surface area contributed by atoms with E-state index in [4.69, 9.17) is 11.6 Å². The Morgan fingerprint density at radius 2 is 2.18 bits per heavy atom. The average molecular weight is 352 g/mol. The molecule has 0 radical (unpaired) electrons. The first-order chi connectivity index (χ1) is 7.79. The summed E-state index contributed by atoms with van der Waals surface area (Å²) < 4.78 is 40.9. The van der Waals surface area contributed by atoms with Crippen LogP contribution in [0, 0.1) is 6.92 Å². The highest BCUT2D eigenvalue weighted by molar-refractivity contribution is 9.11. The van der Waals surface area contributed by atoms with Gasteiger partial charge in [0, 0.05) is 11.5 Å². The third kappa shape index (κ3) is 5.59. The lowest BCUT2D eigenvalue weighted by atomic mass is 10.1. The fraction of sp³-hybridized carbons (Fsp3) is 0.600. The van der Waals surface area contributed by atoms with Gasteiger partial charge in [0.15, 0.2) is 0 Å². The van der Waals surface area contributed by atoms with Crippen LogP contribution in [-0.4, -0.2) is 19.4 Å². The van der Waals surface area contributed by atoms with E-state index in [1.807, 2.05) is 13.0 Å². The normalized spacial score (nSPS) is 14.0. The molecule has 0 saturated carbocycles. The van der Waals surface area contributed by atoms with E-state index in [-0.39, 0.29) is 12.0 Å². The fourth-order valence-electron chi connectivity index (χ4n) is 1.30. The molecule has 0 spiro atoms. The van der Waals surface area contributed by atoms with Crippen molar-refractivity contribution < 1.29 is 17.9 Å². The summed E-state index contributed by atoms with van der Waals surface area (Å²) >= 11 is 11.0. The highest BCUT2D eigenvalue weighted by Gasteiger charge is 2.27. The maximum Gasteiger partial charge on any atom is 0.411 e. The second-order valence-electron chi connectivity index (χ2n) is 3.49. The number of hydrogen-bond acceptors (Lipinski definition) is 2. The van der Waals surface area contributed by atoms with Crippen LogP contribution in [0.15, 0.2) is 9.85 Å². The Bertz CT molecular complexity index is 367. The zero-order valence-corrected chi connectivity index (χ0v) is 12.1. The van der Waals surface area contributed by atoms with Crippen LogP contribution in [0.3, 0.4) is 0 Å². The van der Waals surface area contributed by atoms with Crippen LogP contribution in [0.4, 0.5) is 13.2 Å². The SMILES string of the molecule is Cc1sc(Br)cc1C(Cl)CCOCC(F)(F)F. The Labute approximate surface area is 115 Å². The quantitative estimate of drug-likeness (QED) is 0.532. The topological polar surface area (TPSA) is 9.23 Å². The molecule has 1 heterocycles. The molecule has 0 bridgehead atoms. The van der Waals surface area contributed by atoms with E-state index in [1.165, 1.54) is 0 Å². The summed E-state index contributed by atoms with van der Waals surface area (Å²) in [4.78, 5) is 1.06. The third-order valence-corrected chi connectivity index (χ3v) is 4.07. The van der Waals surface area contributed by atoms with E-state index in [9.17, 15) is 13.2 Å². The van der Waals surface area contributed by atoms with Gasteiger partial charge in [0.25, 0.3) is 0 Å².